The predicted molar refractivity (Wildman–Crippen MR) is 253 cm³/mol. The number of fused-ring (bicyclic) bond motifs is 1. The topological polar surface area (TPSA) is 171 Å². The van der Waals surface area contributed by atoms with Crippen LogP contribution in [0.15, 0.2) is 90.3 Å². The number of likely N-dealkylation sites (N-methyl/N-ethyl adjacent to an activating group) is 1. The molecule has 14 nitrogen and oxygen atoms in total. The zero-order chi connectivity index (χ0) is 45.2. The number of hydrogen-bond donors (Lipinski definition) is 2. The average molecular weight is 906 g/mol. The molecule has 1 saturated heterocycles. The van der Waals surface area contributed by atoms with Crippen LogP contribution in [0.3, 0.4) is 0 Å². The van der Waals surface area contributed by atoms with Gasteiger partial charge in [0, 0.05) is 81.6 Å². The maximum Gasteiger partial charge on any atom is 0.345 e. The highest BCUT2D eigenvalue weighted by atomic mass is 35.5. The molecule has 1 atom stereocenters. The van der Waals surface area contributed by atoms with Crippen molar-refractivity contribution in [3.8, 4) is 45.6 Å². The molecule has 4 heterocycles. The summed E-state index contributed by atoms with van der Waals surface area (Å²) in [7, 11) is 3.74. The van der Waals surface area contributed by atoms with Gasteiger partial charge in [-0.15, -0.1) is 0 Å². The van der Waals surface area contributed by atoms with Crippen LogP contribution in [-0.4, -0.2) is 113 Å². The average Bonchev–Trinajstić information content (AvgIpc) is 3.71. The van der Waals surface area contributed by atoms with E-state index >= 15 is 0 Å². The molecule has 0 amide bonds. The smallest absolute Gasteiger partial charge is 0.345 e. The van der Waals surface area contributed by atoms with Crippen molar-refractivity contribution in [3.63, 3.8) is 0 Å². The van der Waals surface area contributed by atoms with Crippen LogP contribution in [0.5, 0.6) is 23.1 Å². The lowest BCUT2D eigenvalue weighted by atomic mass is 9.93. The molecule has 3 aromatic heterocycles. The van der Waals surface area contributed by atoms with Gasteiger partial charge in [0.1, 0.15) is 30.5 Å². The highest BCUT2D eigenvalue weighted by Gasteiger charge is 2.28. The van der Waals surface area contributed by atoms with Crippen molar-refractivity contribution in [2.45, 2.75) is 39.9 Å². The van der Waals surface area contributed by atoms with Crippen molar-refractivity contribution in [2.75, 3.05) is 60.0 Å². The first kappa shape index (κ1) is 45.9. The Bertz CT molecular complexity index is 2630. The first-order valence-electron chi connectivity index (χ1n) is 21.1. The highest BCUT2D eigenvalue weighted by Crippen LogP contribution is 2.45. The van der Waals surface area contributed by atoms with Gasteiger partial charge in [0.15, 0.2) is 5.82 Å². The van der Waals surface area contributed by atoms with Gasteiger partial charge < -0.3 is 34.7 Å². The minimum atomic E-state index is -1.35. The number of halogens is 1. The number of allylic oxidation sites excluding steroid dienone is 1. The van der Waals surface area contributed by atoms with Gasteiger partial charge in [-0.3, -0.25) is 14.9 Å². The number of rotatable bonds is 19. The summed E-state index contributed by atoms with van der Waals surface area (Å²) in [6.07, 6.45) is 5.15. The van der Waals surface area contributed by atoms with Crippen LogP contribution < -0.4 is 24.7 Å². The number of carboxylic acid groups (broad SMARTS) is 1. The van der Waals surface area contributed by atoms with Crippen LogP contribution in [0.1, 0.15) is 36.4 Å². The number of ether oxygens (including phenoxy) is 4. The number of aliphatic carboxylic acids is 1. The van der Waals surface area contributed by atoms with E-state index in [1.165, 1.54) is 6.20 Å². The summed E-state index contributed by atoms with van der Waals surface area (Å²) in [5.74, 6) is 1.48. The van der Waals surface area contributed by atoms with Crippen LogP contribution in [0.4, 0.5) is 0 Å². The SMILES string of the molecule is COc1ccccc1-c1nccc(COc2ccccc2CC(Oc2nsc3cnc(/C(C=NCC(C)C)=C/N)c(-c4ccc(OCCN5CCN(C)CC5)c(Cl)c4C)c23)C(=O)O)n1. The second kappa shape index (κ2) is 21.5. The van der Waals surface area contributed by atoms with Crippen molar-refractivity contribution in [2.24, 2.45) is 16.6 Å². The number of carbonyl (C=O) groups is 1. The monoisotopic (exact) mass is 904 g/mol. The van der Waals surface area contributed by atoms with E-state index < -0.39 is 12.1 Å². The molecule has 3 N–H and O–H groups in total. The van der Waals surface area contributed by atoms with Gasteiger partial charge >= 0.3 is 5.97 Å². The molecule has 1 fully saturated rings. The lowest BCUT2D eigenvalue weighted by molar-refractivity contribution is -0.145. The van der Waals surface area contributed by atoms with E-state index in [4.69, 9.17) is 46.3 Å². The Balaban J connectivity index is 1.19. The van der Waals surface area contributed by atoms with Crippen molar-refractivity contribution in [1.82, 2.24) is 29.1 Å². The molecule has 0 aliphatic carbocycles. The summed E-state index contributed by atoms with van der Waals surface area (Å²) in [5, 5.41) is 11.7. The molecular formula is C48H53ClN8O6S. The third-order valence-corrected chi connectivity index (χ3v) is 12.1. The molecule has 16 heteroatoms. The van der Waals surface area contributed by atoms with Crippen molar-refractivity contribution >= 4 is 51.0 Å². The Morgan fingerprint density at radius 2 is 1.75 bits per heavy atom. The minimum absolute atomic E-state index is 0.0329. The maximum absolute atomic E-state index is 13.1. The Hall–Kier alpha value is -6.13. The standard InChI is InChI=1S/C48H53ClN8O6S/c1-30(2)26-51-27-33(25-50)45-42(35-14-15-39(44(49)31(35)3)61-23-22-57-20-18-56(4)19-21-57)43-41(28-53-45)64-55-47(43)63-40(48(58)59)24-32-10-6-8-12-37(32)62-29-34-16-17-52-46(54-34)36-11-7-9-13-38(36)60-5/h6-17,25,27-28,30,40H,18-24,26,29,50H2,1-5H3,(H,58,59)/b33-25+,51-27?. The van der Waals surface area contributed by atoms with E-state index in [9.17, 15) is 9.90 Å². The zero-order valence-electron chi connectivity index (χ0n) is 36.7. The van der Waals surface area contributed by atoms with Gasteiger partial charge in [0.2, 0.25) is 12.0 Å². The van der Waals surface area contributed by atoms with E-state index in [0.717, 1.165) is 60.9 Å². The van der Waals surface area contributed by atoms with E-state index in [1.54, 1.807) is 37.9 Å². The normalized spacial score (nSPS) is 14.3. The lowest BCUT2D eigenvalue weighted by Crippen LogP contribution is -2.45. The number of carboxylic acids is 1. The first-order valence-corrected chi connectivity index (χ1v) is 22.3. The molecule has 1 aliphatic rings. The lowest BCUT2D eigenvalue weighted by Gasteiger charge is -2.32. The predicted octanol–water partition coefficient (Wildman–Crippen LogP) is 8.09. The summed E-state index contributed by atoms with van der Waals surface area (Å²) in [4.78, 5) is 36.4. The van der Waals surface area contributed by atoms with Gasteiger partial charge in [-0.2, -0.15) is 4.37 Å². The molecule has 0 spiro atoms. The summed E-state index contributed by atoms with van der Waals surface area (Å²) < 4.78 is 29.8. The zero-order valence-corrected chi connectivity index (χ0v) is 38.2. The fraction of sp³-hybridized carbons (Fsp3) is 0.333. The summed E-state index contributed by atoms with van der Waals surface area (Å²) in [6.45, 7) is 12.1. The Labute approximate surface area is 382 Å². The first-order chi connectivity index (χ1) is 31.0. The molecule has 334 valence electrons. The van der Waals surface area contributed by atoms with Crippen LogP contribution in [-0.2, 0) is 17.8 Å². The number of para-hydroxylation sites is 2. The van der Waals surface area contributed by atoms with Crippen LogP contribution >= 0.6 is 23.1 Å². The summed E-state index contributed by atoms with van der Waals surface area (Å²) >= 11 is 8.26. The molecule has 3 aromatic carbocycles. The van der Waals surface area contributed by atoms with E-state index in [0.29, 0.717) is 85.3 Å². The molecule has 7 rings (SSSR count). The molecular weight excluding hydrogens is 852 g/mol. The van der Waals surface area contributed by atoms with Gasteiger partial charge in [0.05, 0.1) is 39.2 Å². The third-order valence-electron chi connectivity index (χ3n) is 10.9. The van der Waals surface area contributed by atoms with Gasteiger partial charge in [-0.25, -0.2) is 14.8 Å². The second-order valence-corrected chi connectivity index (χ2v) is 17.1. The fourth-order valence-electron chi connectivity index (χ4n) is 7.33. The van der Waals surface area contributed by atoms with E-state index in [1.807, 2.05) is 61.5 Å². The minimum Gasteiger partial charge on any atom is -0.496 e. The number of nitrogens with zero attached hydrogens (tertiary/aromatic N) is 7. The van der Waals surface area contributed by atoms with Crippen LogP contribution in [0.2, 0.25) is 5.02 Å². The van der Waals surface area contributed by atoms with E-state index in [-0.39, 0.29) is 18.9 Å². The quantitative estimate of drug-likeness (QED) is 0.0749. The van der Waals surface area contributed by atoms with E-state index in [2.05, 4.69) is 45.0 Å². The molecule has 64 heavy (non-hydrogen) atoms. The largest absolute Gasteiger partial charge is 0.496 e. The fourth-order valence-corrected chi connectivity index (χ4v) is 8.25. The van der Waals surface area contributed by atoms with Crippen molar-refractivity contribution in [3.05, 3.63) is 113 Å². The molecule has 0 bridgehead atoms. The number of benzene rings is 3. The molecule has 1 unspecified atom stereocenters. The highest BCUT2D eigenvalue weighted by molar-refractivity contribution is 7.13. The van der Waals surface area contributed by atoms with Gasteiger partial charge in [0.25, 0.3) is 0 Å². The number of hydrogen-bond acceptors (Lipinski definition) is 14. The number of nitrogens with two attached hydrogens (primary N) is 1. The number of pyridine rings is 1. The van der Waals surface area contributed by atoms with Crippen LogP contribution in [0.25, 0.3) is 38.2 Å². The third kappa shape index (κ3) is 11.0. The summed E-state index contributed by atoms with van der Waals surface area (Å²) in [5.41, 5.74) is 11.5. The number of aliphatic imine (C=N–C) groups is 1. The maximum atomic E-state index is 13.1. The van der Waals surface area contributed by atoms with Crippen molar-refractivity contribution in [1.29, 1.82) is 0 Å². The Morgan fingerprint density at radius 3 is 2.50 bits per heavy atom. The number of methoxy groups -OCH3 is 1. The molecule has 0 radical (unpaired) electrons. The van der Waals surface area contributed by atoms with Gasteiger partial charge in [-0.1, -0.05) is 61.8 Å². The van der Waals surface area contributed by atoms with Crippen LogP contribution in [0, 0.1) is 12.8 Å². The van der Waals surface area contributed by atoms with Crippen molar-refractivity contribution < 1.29 is 28.8 Å². The molecule has 1 aliphatic heterocycles. The number of aromatic nitrogens is 4. The van der Waals surface area contributed by atoms with Gasteiger partial charge in [-0.05, 0) is 78.4 Å². The Kier molecular flexibility index (Phi) is 15.4. The molecule has 0 saturated carbocycles. The number of piperazine rings is 1. The molecule has 6 aromatic rings. The Morgan fingerprint density at radius 1 is 0.984 bits per heavy atom. The second-order valence-electron chi connectivity index (χ2n) is 15.9. The summed E-state index contributed by atoms with van der Waals surface area (Å²) in [6, 6.07) is 20.3.